The fraction of sp³-hybridized carbons (Fsp3) is 0.294. The summed E-state index contributed by atoms with van der Waals surface area (Å²) < 4.78 is 0. The number of Topliss-reactive ketones (excluding diaryl/α,β-unsaturated/α-hetero) is 1. The minimum absolute atomic E-state index is 0.105. The minimum atomic E-state index is -0.388. The van der Waals surface area contributed by atoms with E-state index in [0.717, 1.165) is 24.1 Å². The van der Waals surface area contributed by atoms with Crippen LogP contribution in [0.25, 0.3) is 0 Å². The number of halogens is 1. The van der Waals surface area contributed by atoms with Crippen LogP contribution in [-0.2, 0) is 4.79 Å². The third-order valence-corrected chi connectivity index (χ3v) is 4.62. The first-order valence-corrected chi connectivity index (χ1v) is 7.57. The number of allylic oxidation sites excluding steroid dienone is 3. The molecule has 4 nitrogen and oxygen atoms in total. The van der Waals surface area contributed by atoms with E-state index in [0.29, 0.717) is 28.4 Å². The highest BCUT2D eigenvalue weighted by atomic mass is 35.5. The van der Waals surface area contributed by atoms with Crippen molar-refractivity contribution in [2.45, 2.75) is 25.2 Å². The van der Waals surface area contributed by atoms with Gasteiger partial charge in [-0.05, 0) is 30.5 Å². The maximum atomic E-state index is 12.5. The number of hydrogen-bond acceptors (Lipinski definition) is 4. The second-order valence-corrected chi connectivity index (χ2v) is 6.03. The normalized spacial score (nSPS) is 21.8. The Morgan fingerprint density at radius 2 is 2.00 bits per heavy atom. The lowest BCUT2D eigenvalue weighted by Crippen LogP contribution is -2.36. The van der Waals surface area contributed by atoms with Gasteiger partial charge in [0.05, 0.1) is 17.6 Å². The van der Waals surface area contributed by atoms with Gasteiger partial charge in [-0.2, -0.15) is 5.26 Å². The van der Waals surface area contributed by atoms with Gasteiger partial charge in [-0.25, -0.2) is 0 Å². The van der Waals surface area contributed by atoms with Crippen molar-refractivity contribution < 1.29 is 4.79 Å². The number of ketones is 1. The molecule has 2 aliphatic rings. The largest absolute Gasteiger partial charge is 0.384 e. The van der Waals surface area contributed by atoms with E-state index in [4.69, 9.17) is 17.3 Å². The first-order valence-electron chi connectivity index (χ1n) is 7.19. The van der Waals surface area contributed by atoms with Crippen LogP contribution in [0.2, 0.25) is 5.02 Å². The Labute approximate surface area is 134 Å². The van der Waals surface area contributed by atoms with Gasteiger partial charge in [-0.1, -0.05) is 23.7 Å². The number of nitriles is 1. The monoisotopic (exact) mass is 313 g/mol. The highest BCUT2D eigenvalue weighted by Crippen LogP contribution is 2.44. The molecule has 3 rings (SSSR count). The lowest BCUT2D eigenvalue weighted by molar-refractivity contribution is -0.116. The van der Waals surface area contributed by atoms with E-state index in [1.54, 1.807) is 17.0 Å². The summed E-state index contributed by atoms with van der Waals surface area (Å²) in [7, 11) is 1.82. The van der Waals surface area contributed by atoms with Gasteiger partial charge < -0.3 is 10.6 Å². The van der Waals surface area contributed by atoms with Crippen molar-refractivity contribution in [3.05, 3.63) is 57.5 Å². The maximum Gasteiger partial charge on any atom is 0.161 e. The van der Waals surface area contributed by atoms with Crippen molar-refractivity contribution in [1.82, 2.24) is 4.90 Å². The molecule has 5 heteroatoms. The molecule has 0 aromatic heterocycles. The van der Waals surface area contributed by atoms with Gasteiger partial charge in [0.2, 0.25) is 0 Å². The van der Waals surface area contributed by atoms with Crippen LogP contribution in [0.3, 0.4) is 0 Å². The van der Waals surface area contributed by atoms with Gasteiger partial charge in [0.1, 0.15) is 5.82 Å². The Morgan fingerprint density at radius 3 is 2.64 bits per heavy atom. The fourth-order valence-electron chi connectivity index (χ4n) is 3.25. The number of hydrogen-bond donors (Lipinski definition) is 1. The second kappa shape index (κ2) is 5.51. The molecular weight excluding hydrogens is 298 g/mol. The zero-order valence-electron chi connectivity index (χ0n) is 12.3. The van der Waals surface area contributed by atoms with E-state index in [1.165, 1.54) is 0 Å². The third kappa shape index (κ3) is 2.18. The van der Waals surface area contributed by atoms with Crippen molar-refractivity contribution >= 4 is 17.4 Å². The van der Waals surface area contributed by atoms with Crippen molar-refractivity contribution in [3.8, 4) is 6.07 Å². The smallest absolute Gasteiger partial charge is 0.161 e. The van der Waals surface area contributed by atoms with Gasteiger partial charge in [0.15, 0.2) is 5.78 Å². The average Bonchev–Trinajstić information content (AvgIpc) is 2.52. The van der Waals surface area contributed by atoms with E-state index in [-0.39, 0.29) is 11.7 Å². The molecule has 1 heterocycles. The van der Waals surface area contributed by atoms with Crippen LogP contribution in [0.5, 0.6) is 0 Å². The number of carbonyl (C=O) groups is 1. The zero-order valence-corrected chi connectivity index (χ0v) is 13.0. The summed E-state index contributed by atoms with van der Waals surface area (Å²) in [5.41, 5.74) is 9.11. The molecule has 0 spiro atoms. The Balaban J connectivity index is 2.22. The Morgan fingerprint density at radius 1 is 1.32 bits per heavy atom. The van der Waals surface area contributed by atoms with Crippen LogP contribution < -0.4 is 5.73 Å². The van der Waals surface area contributed by atoms with Crippen molar-refractivity contribution in [2.24, 2.45) is 5.73 Å². The molecule has 0 radical (unpaired) electrons. The standard InChI is InChI=1S/C17H16ClN3O/c1-21-13-3-2-4-14(22)16(13)15(12(9-19)17(21)20)10-5-7-11(18)8-6-10/h5-8,15H,2-4,20H2,1H3/t15-/m0/s1. The zero-order chi connectivity index (χ0) is 15.9. The van der Waals surface area contributed by atoms with Crippen LogP contribution in [-0.4, -0.2) is 17.7 Å². The molecule has 0 saturated carbocycles. The molecule has 0 unspecified atom stereocenters. The van der Waals surface area contributed by atoms with Gasteiger partial charge in [0.25, 0.3) is 0 Å². The van der Waals surface area contributed by atoms with E-state index >= 15 is 0 Å². The average molecular weight is 314 g/mol. The number of nitrogens with two attached hydrogens (primary N) is 1. The summed E-state index contributed by atoms with van der Waals surface area (Å²) in [5.74, 6) is 0.144. The first-order chi connectivity index (χ1) is 10.5. The summed E-state index contributed by atoms with van der Waals surface area (Å²) in [4.78, 5) is 14.3. The highest BCUT2D eigenvalue weighted by Gasteiger charge is 2.38. The molecule has 1 aromatic carbocycles. The van der Waals surface area contributed by atoms with Gasteiger partial charge in [-0.3, -0.25) is 4.79 Å². The summed E-state index contributed by atoms with van der Waals surface area (Å²) in [5, 5.41) is 10.2. The van der Waals surface area contributed by atoms with Crippen molar-refractivity contribution in [1.29, 1.82) is 5.26 Å². The molecule has 1 atom stereocenters. The molecule has 0 bridgehead atoms. The van der Waals surface area contributed by atoms with Crippen LogP contribution >= 0.6 is 11.6 Å². The Kier molecular flexibility index (Phi) is 3.67. The lowest BCUT2D eigenvalue weighted by Gasteiger charge is -2.37. The van der Waals surface area contributed by atoms with Crippen LogP contribution in [0, 0.1) is 11.3 Å². The fourth-order valence-corrected chi connectivity index (χ4v) is 3.38. The van der Waals surface area contributed by atoms with Crippen molar-refractivity contribution in [3.63, 3.8) is 0 Å². The number of nitrogens with zero attached hydrogens (tertiary/aromatic N) is 2. The van der Waals surface area contributed by atoms with E-state index < -0.39 is 0 Å². The summed E-state index contributed by atoms with van der Waals surface area (Å²) >= 11 is 5.95. The van der Waals surface area contributed by atoms with E-state index in [1.807, 2.05) is 19.2 Å². The predicted molar refractivity (Wildman–Crippen MR) is 84.7 cm³/mol. The topological polar surface area (TPSA) is 70.1 Å². The van der Waals surface area contributed by atoms with E-state index in [9.17, 15) is 10.1 Å². The number of carbonyl (C=O) groups excluding carboxylic acids is 1. The van der Waals surface area contributed by atoms with Crippen LogP contribution in [0.15, 0.2) is 46.9 Å². The molecule has 0 saturated heterocycles. The molecule has 0 amide bonds. The SMILES string of the molecule is CN1C(N)=C(C#N)[C@H](c2ccc(Cl)cc2)C2=C1CCCC2=O. The van der Waals surface area contributed by atoms with Crippen LogP contribution in [0.1, 0.15) is 30.7 Å². The van der Waals surface area contributed by atoms with Gasteiger partial charge >= 0.3 is 0 Å². The Bertz CT molecular complexity index is 740. The maximum absolute atomic E-state index is 12.5. The molecule has 2 N–H and O–H groups in total. The van der Waals surface area contributed by atoms with Gasteiger partial charge in [-0.15, -0.1) is 0 Å². The highest BCUT2D eigenvalue weighted by molar-refractivity contribution is 6.30. The second-order valence-electron chi connectivity index (χ2n) is 5.59. The molecule has 112 valence electrons. The predicted octanol–water partition coefficient (Wildman–Crippen LogP) is 3.07. The molecule has 1 aliphatic heterocycles. The first kappa shape index (κ1) is 14.7. The van der Waals surface area contributed by atoms with Gasteiger partial charge in [0, 0.05) is 29.8 Å². The quantitative estimate of drug-likeness (QED) is 0.865. The summed E-state index contributed by atoms with van der Waals surface area (Å²) in [6.07, 6.45) is 2.15. The Hall–Kier alpha value is -2.25. The molecular formula is C17H16ClN3O. The molecule has 1 aliphatic carbocycles. The summed E-state index contributed by atoms with van der Waals surface area (Å²) in [6, 6.07) is 9.45. The van der Waals surface area contributed by atoms with E-state index in [2.05, 4.69) is 6.07 Å². The minimum Gasteiger partial charge on any atom is -0.384 e. The summed E-state index contributed by atoms with van der Waals surface area (Å²) in [6.45, 7) is 0. The van der Waals surface area contributed by atoms with Crippen molar-refractivity contribution in [2.75, 3.05) is 7.05 Å². The molecule has 0 fully saturated rings. The molecule has 22 heavy (non-hydrogen) atoms. The van der Waals surface area contributed by atoms with Crippen LogP contribution in [0.4, 0.5) is 0 Å². The number of benzene rings is 1. The third-order valence-electron chi connectivity index (χ3n) is 4.37. The lowest BCUT2D eigenvalue weighted by atomic mass is 9.76. The number of rotatable bonds is 1. The molecule has 1 aromatic rings.